The van der Waals surface area contributed by atoms with Crippen LogP contribution in [0, 0.1) is 0 Å². The third-order valence-electron chi connectivity index (χ3n) is 2.55. The van der Waals surface area contributed by atoms with Gasteiger partial charge in [-0.2, -0.15) is 0 Å². The lowest BCUT2D eigenvalue weighted by Crippen LogP contribution is -2.26. The summed E-state index contributed by atoms with van der Waals surface area (Å²) in [5.74, 6) is 0. The Bertz CT molecular complexity index is 337. The van der Waals surface area contributed by atoms with E-state index >= 15 is 0 Å². The van der Waals surface area contributed by atoms with E-state index in [1.54, 1.807) is 0 Å². The molecule has 1 aliphatic rings. The topological polar surface area (TPSA) is 27.7 Å². The van der Waals surface area contributed by atoms with Crippen molar-refractivity contribution in [2.45, 2.75) is 25.7 Å². The molecule has 1 fully saturated rings. The SMILES string of the molecule is Clc1cccc(COCCC2OCCCO2)c1. The van der Waals surface area contributed by atoms with E-state index in [2.05, 4.69) is 0 Å². The van der Waals surface area contributed by atoms with Crippen molar-refractivity contribution in [3.05, 3.63) is 34.9 Å². The molecule has 0 radical (unpaired) electrons. The zero-order valence-corrected chi connectivity index (χ0v) is 10.5. The minimum Gasteiger partial charge on any atom is -0.377 e. The molecule has 0 saturated carbocycles. The first-order chi connectivity index (χ1) is 8.34. The van der Waals surface area contributed by atoms with Gasteiger partial charge in [-0.05, 0) is 24.1 Å². The Labute approximate surface area is 107 Å². The van der Waals surface area contributed by atoms with Crippen LogP contribution in [0.4, 0.5) is 0 Å². The molecule has 2 rings (SSSR count). The van der Waals surface area contributed by atoms with Gasteiger partial charge in [-0.15, -0.1) is 0 Å². The fourth-order valence-corrected chi connectivity index (χ4v) is 1.91. The second-order valence-corrected chi connectivity index (χ2v) is 4.43. The van der Waals surface area contributed by atoms with Crippen molar-refractivity contribution in [1.82, 2.24) is 0 Å². The second-order valence-electron chi connectivity index (χ2n) is 4.00. The Morgan fingerprint density at radius 2 is 2.12 bits per heavy atom. The monoisotopic (exact) mass is 256 g/mol. The summed E-state index contributed by atoms with van der Waals surface area (Å²) < 4.78 is 16.4. The quantitative estimate of drug-likeness (QED) is 0.758. The summed E-state index contributed by atoms with van der Waals surface area (Å²) in [7, 11) is 0. The molecule has 1 aromatic rings. The molecule has 0 aromatic heterocycles. The van der Waals surface area contributed by atoms with Crippen LogP contribution in [0.5, 0.6) is 0 Å². The van der Waals surface area contributed by atoms with Crippen molar-refractivity contribution in [3.63, 3.8) is 0 Å². The molecule has 0 bridgehead atoms. The third-order valence-corrected chi connectivity index (χ3v) is 2.79. The molecule has 1 aromatic carbocycles. The van der Waals surface area contributed by atoms with Crippen LogP contribution in [0.15, 0.2) is 24.3 Å². The van der Waals surface area contributed by atoms with Crippen LogP contribution in [-0.2, 0) is 20.8 Å². The summed E-state index contributed by atoms with van der Waals surface area (Å²) >= 11 is 5.88. The van der Waals surface area contributed by atoms with Crippen LogP contribution in [-0.4, -0.2) is 26.1 Å². The van der Waals surface area contributed by atoms with Gasteiger partial charge in [-0.25, -0.2) is 0 Å². The minimum atomic E-state index is -0.0943. The molecule has 1 aliphatic heterocycles. The van der Waals surface area contributed by atoms with Crippen molar-refractivity contribution < 1.29 is 14.2 Å². The molecule has 1 heterocycles. The van der Waals surface area contributed by atoms with Gasteiger partial charge >= 0.3 is 0 Å². The maximum Gasteiger partial charge on any atom is 0.159 e. The highest BCUT2D eigenvalue weighted by atomic mass is 35.5. The maximum atomic E-state index is 5.88. The molecule has 1 saturated heterocycles. The fraction of sp³-hybridized carbons (Fsp3) is 0.538. The van der Waals surface area contributed by atoms with Crippen LogP contribution in [0.3, 0.4) is 0 Å². The van der Waals surface area contributed by atoms with Crippen LogP contribution in [0.1, 0.15) is 18.4 Å². The molecule has 0 amide bonds. The van der Waals surface area contributed by atoms with E-state index in [4.69, 9.17) is 25.8 Å². The van der Waals surface area contributed by atoms with Crippen molar-refractivity contribution >= 4 is 11.6 Å². The van der Waals surface area contributed by atoms with Gasteiger partial charge in [-0.1, -0.05) is 23.7 Å². The number of hydrogen-bond donors (Lipinski definition) is 0. The third kappa shape index (κ3) is 4.64. The van der Waals surface area contributed by atoms with Gasteiger partial charge in [0.25, 0.3) is 0 Å². The van der Waals surface area contributed by atoms with E-state index in [1.807, 2.05) is 24.3 Å². The average Bonchev–Trinajstić information content (AvgIpc) is 2.36. The van der Waals surface area contributed by atoms with Crippen molar-refractivity contribution in [3.8, 4) is 0 Å². The molecule has 17 heavy (non-hydrogen) atoms. The number of benzene rings is 1. The normalized spacial score (nSPS) is 17.2. The summed E-state index contributed by atoms with van der Waals surface area (Å²) in [5.41, 5.74) is 1.09. The van der Waals surface area contributed by atoms with Gasteiger partial charge in [0.05, 0.1) is 26.4 Å². The average molecular weight is 257 g/mol. The number of rotatable bonds is 5. The molecular weight excluding hydrogens is 240 g/mol. The van der Waals surface area contributed by atoms with Crippen LogP contribution in [0.25, 0.3) is 0 Å². The smallest absolute Gasteiger partial charge is 0.159 e. The van der Waals surface area contributed by atoms with Gasteiger partial charge in [0.2, 0.25) is 0 Å². The Morgan fingerprint density at radius 1 is 1.29 bits per heavy atom. The van der Waals surface area contributed by atoms with Crippen LogP contribution >= 0.6 is 11.6 Å². The van der Waals surface area contributed by atoms with Crippen molar-refractivity contribution in [2.24, 2.45) is 0 Å². The largest absolute Gasteiger partial charge is 0.377 e. The van der Waals surface area contributed by atoms with Crippen molar-refractivity contribution in [1.29, 1.82) is 0 Å². The van der Waals surface area contributed by atoms with E-state index in [0.29, 0.717) is 13.2 Å². The standard InChI is InChI=1S/C13H17ClO3/c14-12-4-1-3-11(9-12)10-15-8-5-13-16-6-2-7-17-13/h1,3-4,9,13H,2,5-8,10H2. The van der Waals surface area contributed by atoms with Gasteiger partial charge in [0.1, 0.15) is 0 Å². The molecule has 0 unspecified atom stereocenters. The lowest BCUT2D eigenvalue weighted by atomic mass is 10.2. The first-order valence-electron chi connectivity index (χ1n) is 5.90. The summed E-state index contributed by atoms with van der Waals surface area (Å²) in [6.45, 7) is 2.79. The molecule has 0 aliphatic carbocycles. The summed E-state index contributed by atoms with van der Waals surface area (Å²) in [6, 6.07) is 7.69. The molecular formula is C13H17ClO3. The first kappa shape index (κ1) is 12.8. The van der Waals surface area contributed by atoms with Gasteiger partial charge < -0.3 is 14.2 Å². The molecule has 3 nitrogen and oxygen atoms in total. The van der Waals surface area contributed by atoms with Crippen LogP contribution < -0.4 is 0 Å². The Morgan fingerprint density at radius 3 is 2.88 bits per heavy atom. The molecule has 94 valence electrons. The van der Waals surface area contributed by atoms with E-state index in [1.165, 1.54) is 0 Å². The summed E-state index contributed by atoms with van der Waals surface area (Å²) in [5, 5.41) is 0.741. The van der Waals surface area contributed by atoms with E-state index in [0.717, 1.165) is 36.6 Å². The Balaban J connectivity index is 1.62. The number of ether oxygens (including phenoxy) is 3. The second kappa shape index (κ2) is 6.97. The lowest BCUT2D eigenvalue weighted by Gasteiger charge is -2.22. The van der Waals surface area contributed by atoms with Crippen LogP contribution in [0.2, 0.25) is 5.02 Å². The zero-order valence-electron chi connectivity index (χ0n) is 9.73. The molecule has 0 spiro atoms. The highest BCUT2D eigenvalue weighted by Gasteiger charge is 2.13. The van der Waals surface area contributed by atoms with Crippen molar-refractivity contribution in [2.75, 3.05) is 19.8 Å². The van der Waals surface area contributed by atoms with E-state index in [9.17, 15) is 0 Å². The summed E-state index contributed by atoms with van der Waals surface area (Å²) in [6.07, 6.45) is 1.67. The molecule has 0 N–H and O–H groups in total. The maximum absolute atomic E-state index is 5.88. The van der Waals surface area contributed by atoms with Gasteiger partial charge in [-0.3, -0.25) is 0 Å². The van der Waals surface area contributed by atoms with Gasteiger partial charge in [0.15, 0.2) is 6.29 Å². The Hall–Kier alpha value is -0.610. The number of hydrogen-bond acceptors (Lipinski definition) is 3. The zero-order chi connectivity index (χ0) is 11.9. The lowest BCUT2D eigenvalue weighted by molar-refractivity contribution is -0.186. The Kier molecular flexibility index (Phi) is 5.26. The number of halogens is 1. The molecule has 0 atom stereocenters. The highest BCUT2D eigenvalue weighted by Crippen LogP contribution is 2.12. The highest BCUT2D eigenvalue weighted by molar-refractivity contribution is 6.30. The molecule has 4 heteroatoms. The van der Waals surface area contributed by atoms with Gasteiger partial charge in [0, 0.05) is 11.4 Å². The predicted octanol–water partition coefficient (Wildman–Crippen LogP) is 3.01. The predicted molar refractivity (Wildman–Crippen MR) is 66.0 cm³/mol. The summed E-state index contributed by atoms with van der Waals surface area (Å²) in [4.78, 5) is 0. The van der Waals surface area contributed by atoms with E-state index < -0.39 is 0 Å². The fourth-order valence-electron chi connectivity index (χ4n) is 1.70. The minimum absolute atomic E-state index is 0.0943. The van der Waals surface area contributed by atoms with E-state index in [-0.39, 0.29) is 6.29 Å². The first-order valence-corrected chi connectivity index (χ1v) is 6.28.